The number of thioether (sulfide) groups is 1. The van der Waals surface area contributed by atoms with Crippen LogP contribution in [-0.2, 0) is 0 Å². The van der Waals surface area contributed by atoms with Gasteiger partial charge in [0.05, 0.1) is 4.87 Å². The highest BCUT2D eigenvalue weighted by atomic mass is 32.2. The van der Waals surface area contributed by atoms with Crippen LogP contribution in [-0.4, -0.2) is 4.87 Å². The number of para-hydroxylation sites is 1. The van der Waals surface area contributed by atoms with Gasteiger partial charge in [0.15, 0.2) is 0 Å². The van der Waals surface area contributed by atoms with Crippen molar-refractivity contribution >= 4 is 17.4 Å². The molecular formula is C16H23NS. The third-order valence-electron chi connectivity index (χ3n) is 4.57. The molecule has 1 fully saturated rings. The Hall–Kier alpha value is -0.630. The monoisotopic (exact) mass is 261 g/mol. The predicted octanol–water partition coefficient (Wildman–Crippen LogP) is 5.14. The fraction of sp³-hybridized carbons (Fsp3) is 0.625. The van der Waals surface area contributed by atoms with E-state index in [-0.39, 0.29) is 0 Å². The number of benzene rings is 1. The summed E-state index contributed by atoms with van der Waals surface area (Å²) in [6, 6.07) is 8.74. The molecular weight excluding hydrogens is 238 g/mol. The molecule has 2 aliphatic rings. The molecule has 98 valence electrons. The molecule has 0 amide bonds. The van der Waals surface area contributed by atoms with Crippen LogP contribution in [0, 0.1) is 11.3 Å². The van der Waals surface area contributed by atoms with Gasteiger partial charge in [-0.3, -0.25) is 0 Å². The minimum absolute atomic E-state index is 0.297. The Morgan fingerprint density at radius 1 is 1.17 bits per heavy atom. The smallest absolute Gasteiger partial charge is 0.0881 e. The van der Waals surface area contributed by atoms with Gasteiger partial charge in [0.1, 0.15) is 0 Å². The quantitative estimate of drug-likeness (QED) is 0.694. The molecule has 1 heterocycles. The van der Waals surface area contributed by atoms with E-state index in [4.69, 9.17) is 0 Å². The van der Waals surface area contributed by atoms with E-state index in [1.807, 2.05) is 0 Å². The Labute approximate surface area is 115 Å². The summed E-state index contributed by atoms with van der Waals surface area (Å²) in [6.45, 7) is 7.17. The molecule has 18 heavy (non-hydrogen) atoms. The average Bonchev–Trinajstić information content (AvgIpc) is 2.65. The standard InChI is InChI=1S/C16H23NS/c1-15(2,3)12-8-10-16(11-9-12)17-13-6-4-5-7-14(13)18-16/h4-7,12,17H,8-11H2,1-3H3. The number of rotatable bonds is 0. The van der Waals surface area contributed by atoms with Crippen molar-refractivity contribution < 1.29 is 0 Å². The summed E-state index contributed by atoms with van der Waals surface area (Å²) in [5, 5.41) is 3.78. The first kappa shape index (κ1) is 12.4. The number of fused-ring (bicyclic) bond motifs is 1. The summed E-state index contributed by atoms with van der Waals surface area (Å²) in [5.74, 6) is 0.884. The number of anilines is 1. The topological polar surface area (TPSA) is 12.0 Å². The molecule has 0 radical (unpaired) electrons. The third-order valence-corrected chi connectivity index (χ3v) is 6.05. The van der Waals surface area contributed by atoms with Crippen molar-refractivity contribution in [2.75, 3.05) is 5.32 Å². The van der Waals surface area contributed by atoms with Crippen molar-refractivity contribution in [2.24, 2.45) is 11.3 Å². The molecule has 0 saturated heterocycles. The molecule has 2 heteroatoms. The summed E-state index contributed by atoms with van der Waals surface area (Å²) >= 11 is 2.06. The van der Waals surface area contributed by atoms with Gasteiger partial charge in [0, 0.05) is 10.6 Å². The van der Waals surface area contributed by atoms with E-state index in [0.29, 0.717) is 10.3 Å². The van der Waals surface area contributed by atoms with Gasteiger partial charge < -0.3 is 5.32 Å². The zero-order chi connectivity index (χ0) is 12.8. The maximum atomic E-state index is 3.78. The highest BCUT2D eigenvalue weighted by Gasteiger charge is 2.42. The van der Waals surface area contributed by atoms with Gasteiger partial charge in [0.2, 0.25) is 0 Å². The van der Waals surface area contributed by atoms with E-state index >= 15 is 0 Å². The number of hydrogen-bond donors (Lipinski definition) is 1. The maximum Gasteiger partial charge on any atom is 0.0881 e. The molecule has 3 rings (SSSR count). The van der Waals surface area contributed by atoms with Gasteiger partial charge in [-0.05, 0) is 49.1 Å². The Morgan fingerprint density at radius 2 is 1.83 bits per heavy atom. The van der Waals surface area contributed by atoms with Crippen LogP contribution >= 0.6 is 11.8 Å². The van der Waals surface area contributed by atoms with Crippen LogP contribution in [0.5, 0.6) is 0 Å². The van der Waals surface area contributed by atoms with Crippen molar-refractivity contribution in [3.8, 4) is 0 Å². The number of hydrogen-bond acceptors (Lipinski definition) is 2. The van der Waals surface area contributed by atoms with Crippen molar-refractivity contribution in [1.82, 2.24) is 0 Å². The first-order valence-electron chi connectivity index (χ1n) is 7.05. The normalized spacial score (nSPS) is 31.2. The minimum Gasteiger partial charge on any atom is -0.369 e. The van der Waals surface area contributed by atoms with E-state index in [2.05, 4.69) is 62.1 Å². The lowest BCUT2D eigenvalue weighted by atomic mass is 9.71. The summed E-state index contributed by atoms with van der Waals surface area (Å²) in [5.41, 5.74) is 1.81. The zero-order valence-electron chi connectivity index (χ0n) is 11.6. The van der Waals surface area contributed by atoms with Crippen molar-refractivity contribution in [3.63, 3.8) is 0 Å². The van der Waals surface area contributed by atoms with E-state index < -0.39 is 0 Å². The van der Waals surface area contributed by atoms with E-state index in [0.717, 1.165) is 5.92 Å². The second-order valence-corrected chi connectivity index (χ2v) is 8.28. The van der Waals surface area contributed by atoms with Crippen molar-refractivity contribution in [1.29, 1.82) is 0 Å². The van der Waals surface area contributed by atoms with Gasteiger partial charge in [-0.25, -0.2) is 0 Å². The van der Waals surface area contributed by atoms with Gasteiger partial charge >= 0.3 is 0 Å². The second kappa shape index (κ2) is 4.19. The zero-order valence-corrected chi connectivity index (χ0v) is 12.4. The third kappa shape index (κ3) is 2.16. The minimum atomic E-state index is 0.297. The Balaban J connectivity index is 1.71. The Morgan fingerprint density at radius 3 is 2.44 bits per heavy atom. The molecule has 1 aromatic carbocycles. The van der Waals surface area contributed by atoms with Crippen LogP contribution in [0.1, 0.15) is 46.5 Å². The summed E-state index contributed by atoms with van der Waals surface area (Å²) in [4.78, 5) is 1.73. The molecule has 0 bridgehead atoms. The Kier molecular flexibility index (Phi) is 2.89. The molecule has 0 unspecified atom stereocenters. The van der Waals surface area contributed by atoms with Crippen LogP contribution in [0.25, 0.3) is 0 Å². The molecule has 1 nitrogen and oxygen atoms in total. The molecule has 1 saturated carbocycles. The molecule has 0 atom stereocenters. The van der Waals surface area contributed by atoms with Crippen LogP contribution in [0.4, 0.5) is 5.69 Å². The largest absolute Gasteiger partial charge is 0.369 e. The van der Waals surface area contributed by atoms with E-state index in [1.165, 1.54) is 36.3 Å². The number of nitrogens with one attached hydrogen (secondary N) is 1. The molecule has 1 N–H and O–H groups in total. The highest BCUT2D eigenvalue weighted by molar-refractivity contribution is 8.01. The first-order valence-corrected chi connectivity index (χ1v) is 7.86. The predicted molar refractivity (Wildman–Crippen MR) is 80.1 cm³/mol. The van der Waals surface area contributed by atoms with Crippen molar-refractivity contribution in [2.45, 2.75) is 56.2 Å². The van der Waals surface area contributed by atoms with Gasteiger partial charge in [-0.2, -0.15) is 0 Å². The first-order chi connectivity index (χ1) is 8.49. The lowest BCUT2D eigenvalue weighted by Gasteiger charge is -2.42. The van der Waals surface area contributed by atoms with Gasteiger partial charge in [0.25, 0.3) is 0 Å². The average molecular weight is 261 g/mol. The second-order valence-electron chi connectivity index (χ2n) is 6.86. The van der Waals surface area contributed by atoms with Crippen LogP contribution in [0.3, 0.4) is 0 Å². The van der Waals surface area contributed by atoms with Crippen LogP contribution in [0.2, 0.25) is 0 Å². The molecule has 1 aromatic rings. The maximum absolute atomic E-state index is 3.78. The van der Waals surface area contributed by atoms with Crippen LogP contribution in [0.15, 0.2) is 29.2 Å². The van der Waals surface area contributed by atoms with Gasteiger partial charge in [-0.1, -0.05) is 44.7 Å². The SMILES string of the molecule is CC(C)(C)C1CCC2(CC1)Nc1ccccc1S2. The summed E-state index contributed by atoms with van der Waals surface area (Å²) in [6.07, 6.45) is 5.32. The lowest BCUT2D eigenvalue weighted by Crippen LogP contribution is -2.38. The fourth-order valence-electron chi connectivity index (χ4n) is 3.32. The molecule has 1 aliphatic heterocycles. The van der Waals surface area contributed by atoms with Crippen LogP contribution < -0.4 is 5.32 Å². The van der Waals surface area contributed by atoms with Crippen molar-refractivity contribution in [3.05, 3.63) is 24.3 Å². The van der Waals surface area contributed by atoms with E-state index in [1.54, 1.807) is 0 Å². The van der Waals surface area contributed by atoms with Gasteiger partial charge in [-0.15, -0.1) is 0 Å². The fourth-order valence-corrected chi connectivity index (χ4v) is 4.71. The molecule has 1 aliphatic carbocycles. The Bertz CT molecular complexity index is 412. The molecule has 1 spiro atoms. The highest BCUT2D eigenvalue weighted by Crippen LogP contribution is 2.54. The molecule has 0 aromatic heterocycles. The summed E-state index contributed by atoms with van der Waals surface area (Å²) in [7, 11) is 0. The summed E-state index contributed by atoms with van der Waals surface area (Å²) < 4.78 is 0. The van der Waals surface area contributed by atoms with E-state index in [9.17, 15) is 0 Å². The lowest BCUT2D eigenvalue weighted by molar-refractivity contribution is 0.167.